The van der Waals surface area contributed by atoms with Crippen LogP contribution in [0, 0.1) is 0 Å². The molecule has 3 aromatic carbocycles. The number of hydrazone groups is 1. The molecule has 0 radical (unpaired) electrons. The van der Waals surface area contributed by atoms with Crippen molar-refractivity contribution in [1.29, 1.82) is 0 Å². The Morgan fingerprint density at radius 2 is 1.62 bits per heavy atom. The third-order valence-corrected chi connectivity index (χ3v) is 7.15. The summed E-state index contributed by atoms with van der Waals surface area (Å²) >= 11 is 3.33. The Hall–Kier alpha value is -3.70. The minimum atomic E-state index is -4.00. The van der Waals surface area contributed by atoms with E-state index in [0.717, 1.165) is 8.78 Å². The highest BCUT2D eigenvalue weighted by atomic mass is 79.9. The highest BCUT2D eigenvalue weighted by Crippen LogP contribution is 2.25. The van der Waals surface area contributed by atoms with Gasteiger partial charge in [-0.1, -0.05) is 34.1 Å². The minimum Gasteiger partial charge on any atom is -0.484 e. The number of carbonyl (C=O) groups excluding carboxylic acids is 2. The average molecular weight is 587 g/mol. The predicted octanol–water partition coefficient (Wildman–Crippen LogP) is 3.70. The van der Waals surface area contributed by atoms with E-state index in [9.17, 15) is 18.0 Å². The number of benzene rings is 3. The van der Waals surface area contributed by atoms with Crippen LogP contribution < -0.4 is 19.8 Å². The van der Waals surface area contributed by atoms with Gasteiger partial charge in [0.1, 0.15) is 12.3 Å². The van der Waals surface area contributed by atoms with E-state index in [0.29, 0.717) is 17.0 Å². The summed E-state index contributed by atoms with van der Waals surface area (Å²) in [5.41, 5.74) is 3.37. The maximum absolute atomic E-state index is 13.3. The average Bonchev–Trinajstić information content (AvgIpc) is 2.87. The van der Waals surface area contributed by atoms with Crippen LogP contribution in [-0.2, 0) is 19.6 Å². The molecule has 0 heterocycles. The van der Waals surface area contributed by atoms with E-state index in [-0.39, 0.29) is 23.5 Å². The molecule has 11 heteroatoms. The van der Waals surface area contributed by atoms with Gasteiger partial charge in [0.2, 0.25) is 0 Å². The van der Waals surface area contributed by atoms with Gasteiger partial charge in [-0.25, -0.2) is 13.8 Å². The number of carbonyl (C=O) groups is 2. The second-order valence-corrected chi connectivity index (χ2v) is 11.0. The summed E-state index contributed by atoms with van der Waals surface area (Å²) in [7, 11) is -4.00. The van der Waals surface area contributed by atoms with Gasteiger partial charge >= 0.3 is 0 Å². The standard InChI is InChI=1S/C26H27BrN4O5S/c1-19(2)29-26(33)18-36-23-14-8-20(9-15-23)16-28-30-25(32)17-31(22-12-10-21(27)11-13-22)37(34,35)24-6-4-3-5-7-24/h3-16,19H,17-18H2,1-2H3,(H,29,33)(H,30,32)/b28-16-. The second kappa shape index (κ2) is 13.0. The molecule has 0 aromatic heterocycles. The van der Waals surface area contributed by atoms with Crippen LogP contribution in [0.4, 0.5) is 5.69 Å². The molecule has 9 nitrogen and oxygen atoms in total. The van der Waals surface area contributed by atoms with Gasteiger partial charge in [-0.3, -0.25) is 13.9 Å². The molecule has 0 aliphatic carbocycles. The third kappa shape index (κ3) is 8.43. The van der Waals surface area contributed by atoms with Gasteiger partial charge in [0.25, 0.3) is 21.8 Å². The number of amides is 2. The lowest BCUT2D eigenvalue weighted by atomic mass is 10.2. The summed E-state index contributed by atoms with van der Waals surface area (Å²) in [6, 6.07) is 21.3. The zero-order valence-corrected chi connectivity index (χ0v) is 22.7. The lowest BCUT2D eigenvalue weighted by Crippen LogP contribution is -2.39. The first kappa shape index (κ1) is 27.9. The van der Waals surface area contributed by atoms with Crippen LogP contribution in [0.2, 0.25) is 0 Å². The largest absolute Gasteiger partial charge is 0.484 e. The number of halogens is 1. The molecule has 0 saturated carbocycles. The number of ether oxygens (including phenoxy) is 1. The van der Waals surface area contributed by atoms with Gasteiger partial charge in [0.05, 0.1) is 16.8 Å². The molecule has 0 aliphatic heterocycles. The van der Waals surface area contributed by atoms with Crippen LogP contribution in [0.1, 0.15) is 19.4 Å². The zero-order chi connectivity index (χ0) is 26.8. The zero-order valence-electron chi connectivity index (χ0n) is 20.3. The van der Waals surface area contributed by atoms with Gasteiger partial charge in [0, 0.05) is 10.5 Å². The predicted molar refractivity (Wildman–Crippen MR) is 146 cm³/mol. The fourth-order valence-electron chi connectivity index (χ4n) is 3.15. The van der Waals surface area contributed by atoms with Crippen molar-refractivity contribution in [1.82, 2.24) is 10.7 Å². The van der Waals surface area contributed by atoms with Gasteiger partial charge < -0.3 is 10.1 Å². The highest BCUT2D eigenvalue weighted by molar-refractivity contribution is 9.10. The molecular formula is C26H27BrN4O5S. The Kier molecular flexibility index (Phi) is 9.81. The summed E-state index contributed by atoms with van der Waals surface area (Å²) < 4.78 is 33.8. The van der Waals surface area contributed by atoms with E-state index < -0.39 is 22.5 Å². The number of rotatable bonds is 11. The minimum absolute atomic E-state index is 0.0327. The van der Waals surface area contributed by atoms with E-state index in [1.165, 1.54) is 18.3 Å². The Morgan fingerprint density at radius 1 is 0.973 bits per heavy atom. The number of sulfonamides is 1. The van der Waals surface area contributed by atoms with Crippen LogP contribution >= 0.6 is 15.9 Å². The van der Waals surface area contributed by atoms with Crippen molar-refractivity contribution in [2.75, 3.05) is 17.5 Å². The Balaban J connectivity index is 1.64. The number of hydrogen-bond acceptors (Lipinski definition) is 6. The molecule has 0 spiro atoms. The van der Waals surface area contributed by atoms with Crippen molar-refractivity contribution in [2.45, 2.75) is 24.8 Å². The third-order valence-electron chi connectivity index (χ3n) is 4.84. The van der Waals surface area contributed by atoms with Crippen molar-refractivity contribution < 1.29 is 22.7 Å². The quantitative estimate of drug-likeness (QED) is 0.262. The number of hydrogen-bond donors (Lipinski definition) is 2. The van der Waals surface area contributed by atoms with Crippen LogP contribution in [-0.4, -0.2) is 45.6 Å². The highest BCUT2D eigenvalue weighted by Gasteiger charge is 2.27. The normalized spacial score (nSPS) is 11.4. The summed E-state index contributed by atoms with van der Waals surface area (Å²) in [5.74, 6) is -0.319. The molecule has 37 heavy (non-hydrogen) atoms. The summed E-state index contributed by atoms with van der Waals surface area (Å²) in [4.78, 5) is 24.4. The van der Waals surface area contributed by atoms with E-state index in [1.54, 1.807) is 66.7 Å². The van der Waals surface area contributed by atoms with E-state index in [1.807, 2.05) is 13.8 Å². The van der Waals surface area contributed by atoms with Crippen molar-refractivity contribution >= 4 is 49.7 Å². The molecule has 0 bridgehead atoms. The van der Waals surface area contributed by atoms with Crippen molar-refractivity contribution in [2.24, 2.45) is 5.10 Å². The number of nitrogens with zero attached hydrogens (tertiary/aromatic N) is 2. The summed E-state index contributed by atoms with van der Waals surface area (Å²) in [5, 5.41) is 6.67. The summed E-state index contributed by atoms with van der Waals surface area (Å²) in [6.07, 6.45) is 1.42. The Labute approximate surface area is 224 Å². The molecule has 0 saturated heterocycles. The van der Waals surface area contributed by atoms with Crippen LogP contribution in [0.3, 0.4) is 0 Å². The van der Waals surface area contributed by atoms with Crippen LogP contribution in [0.25, 0.3) is 0 Å². The van der Waals surface area contributed by atoms with E-state index >= 15 is 0 Å². The monoisotopic (exact) mass is 586 g/mol. The fourth-order valence-corrected chi connectivity index (χ4v) is 4.86. The fraction of sp³-hybridized carbons (Fsp3) is 0.192. The van der Waals surface area contributed by atoms with E-state index in [2.05, 4.69) is 31.8 Å². The molecule has 2 amide bonds. The van der Waals surface area contributed by atoms with Crippen molar-refractivity contribution in [3.05, 3.63) is 88.9 Å². The maximum atomic E-state index is 13.3. The lowest BCUT2D eigenvalue weighted by Gasteiger charge is -2.23. The first-order chi connectivity index (χ1) is 17.6. The molecule has 0 aliphatic rings. The van der Waals surface area contributed by atoms with E-state index in [4.69, 9.17) is 4.74 Å². The molecule has 194 valence electrons. The first-order valence-electron chi connectivity index (χ1n) is 11.3. The molecule has 3 rings (SSSR count). The van der Waals surface area contributed by atoms with Gasteiger partial charge in [0.15, 0.2) is 6.61 Å². The second-order valence-electron chi connectivity index (χ2n) is 8.17. The first-order valence-corrected chi connectivity index (χ1v) is 13.6. The Bertz CT molecular complexity index is 1330. The van der Waals surface area contributed by atoms with Crippen molar-refractivity contribution in [3.8, 4) is 5.75 Å². The summed E-state index contributed by atoms with van der Waals surface area (Å²) in [6.45, 7) is 3.17. The lowest BCUT2D eigenvalue weighted by molar-refractivity contribution is -0.123. The molecule has 0 fully saturated rings. The molecule has 3 aromatic rings. The SMILES string of the molecule is CC(C)NC(=O)COc1ccc(/C=N\NC(=O)CN(c2ccc(Br)cc2)S(=O)(=O)c2ccccc2)cc1. The van der Waals surface area contributed by atoms with Gasteiger partial charge in [-0.05, 0) is 80.1 Å². The van der Waals surface area contributed by atoms with Crippen molar-refractivity contribution in [3.63, 3.8) is 0 Å². The smallest absolute Gasteiger partial charge is 0.264 e. The van der Waals surface area contributed by atoms with Gasteiger partial charge in [-0.2, -0.15) is 5.10 Å². The molecule has 2 N–H and O–H groups in total. The van der Waals surface area contributed by atoms with Crippen LogP contribution in [0.5, 0.6) is 5.75 Å². The Morgan fingerprint density at radius 3 is 2.24 bits per heavy atom. The number of anilines is 1. The topological polar surface area (TPSA) is 117 Å². The maximum Gasteiger partial charge on any atom is 0.264 e. The molecular weight excluding hydrogens is 560 g/mol. The van der Waals surface area contributed by atoms with Crippen LogP contribution in [0.15, 0.2) is 93.3 Å². The number of nitrogens with one attached hydrogen (secondary N) is 2. The molecule has 0 unspecified atom stereocenters. The van der Waals surface area contributed by atoms with Gasteiger partial charge in [-0.15, -0.1) is 0 Å². The molecule has 0 atom stereocenters.